The van der Waals surface area contributed by atoms with Crippen LogP contribution in [0, 0.1) is 0 Å². The molecule has 0 bridgehead atoms. The van der Waals surface area contributed by atoms with Gasteiger partial charge in [0.15, 0.2) is 0 Å². The Balaban J connectivity index is 2.67. The highest BCUT2D eigenvalue weighted by Gasteiger charge is 2.45. The molecule has 0 aromatic rings. The summed E-state index contributed by atoms with van der Waals surface area (Å²) in [6.45, 7) is 4.47. The van der Waals surface area contributed by atoms with Gasteiger partial charge in [-0.1, -0.05) is 6.42 Å². The molecule has 0 atom stereocenters. The predicted molar refractivity (Wildman–Crippen MR) is 69.6 cm³/mol. The zero-order valence-corrected chi connectivity index (χ0v) is 11.7. The molecular formula is C12H24O4P+. The van der Waals surface area contributed by atoms with Crippen LogP contribution in [0.3, 0.4) is 0 Å². The van der Waals surface area contributed by atoms with E-state index in [1.807, 2.05) is 13.8 Å². The summed E-state index contributed by atoms with van der Waals surface area (Å²) in [5.74, 6) is 1.61. The summed E-state index contributed by atoms with van der Waals surface area (Å²) in [5.41, 5.74) is 1.14. The topological polar surface area (TPSA) is 58.9 Å². The Morgan fingerprint density at radius 1 is 1.12 bits per heavy atom. The lowest BCUT2D eigenvalue weighted by atomic mass is 9.96. The Kier molecular flexibility index (Phi) is 6.60. The van der Waals surface area contributed by atoms with Crippen LogP contribution in [0.4, 0.5) is 0 Å². The van der Waals surface area contributed by atoms with Crippen molar-refractivity contribution < 1.29 is 19.3 Å². The first kappa shape index (κ1) is 15.1. The lowest BCUT2D eigenvalue weighted by Gasteiger charge is -2.21. The summed E-state index contributed by atoms with van der Waals surface area (Å²) < 4.78 is 10.5. The molecule has 1 saturated carbocycles. The molecule has 0 aromatic heterocycles. The van der Waals surface area contributed by atoms with E-state index in [-0.39, 0.29) is 0 Å². The molecule has 0 radical (unpaired) electrons. The van der Waals surface area contributed by atoms with Crippen molar-refractivity contribution in [2.75, 3.05) is 13.2 Å². The van der Waals surface area contributed by atoms with Gasteiger partial charge >= 0.3 is 13.7 Å². The highest BCUT2D eigenvalue weighted by Crippen LogP contribution is 2.58. The summed E-state index contributed by atoms with van der Waals surface area (Å²) in [5, 5.41) is 0. The van der Waals surface area contributed by atoms with Crippen molar-refractivity contribution in [3.63, 3.8) is 0 Å². The van der Waals surface area contributed by atoms with Gasteiger partial charge in [0.1, 0.15) is 5.82 Å². The standard InChI is InChI=1S/C12H24O4P/c1-3-15-12(16-4-2)17(13,14)10-11-8-6-5-7-9-11/h10,12-14H,3-9H2,1-2H3/q+1. The Morgan fingerprint density at radius 3 is 2.12 bits per heavy atom. The van der Waals surface area contributed by atoms with Crippen LogP contribution in [0.2, 0.25) is 0 Å². The van der Waals surface area contributed by atoms with Crippen LogP contribution in [-0.4, -0.2) is 29.0 Å². The number of ether oxygens (including phenoxy) is 2. The van der Waals surface area contributed by atoms with E-state index in [1.54, 1.807) is 5.82 Å². The van der Waals surface area contributed by atoms with Crippen LogP contribution in [0.15, 0.2) is 11.4 Å². The summed E-state index contributed by atoms with van der Waals surface area (Å²) in [7, 11) is -3.26. The lowest BCUT2D eigenvalue weighted by Crippen LogP contribution is -2.20. The zero-order chi connectivity index (χ0) is 12.7. The van der Waals surface area contributed by atoms with Crippen molar-refractivity contribution in [2.24, 2.45) is 0 Å². The van der Waals surface area contributed by atoms with E-state index in [9.17, 15) is 9.79 Å². The van der Waals surface area contributed by atoms with Crippen molar-refractivity contribution >= 4 is 7.72 Å². The van der Waals surface area contributed by atoms with E-state index in [0.29, 0.717) is 13.2 Å². The molecule has 17 heavy (non-hydrogen) atoms. The maximum Gasteiger partial charge on any atom is 0.353 e. The van der Waals surface area contributed by atoms with E-state index in [0.717, 1.165) is 31.3 Å². The SMILES string of the molecule is CCOC(OCC)[P+](O)(O)C=C1CCCCC1. The fraction of sp³-hybridized carbons (Fsp3) is 0.833. The van der Waals surface area contributed by atoms with Crippen LogP contribution in [-0.2, 0) is 9.47 Å². The number of hydrogen-bond acceptors (Lipinski definition) is 4. The minimum atomic E-state index is -3.26. The highest BCUT2D eigenvalue weighted by molar-refractivity contribution is 7.68. The van der Waals surface area contributed by atoms with E-state index >= 15 is 0 Å². The maximum atomic E-state index is 10.1. The fourth-order valence-electron chi connectivity index (χ4n) is 2.02. The van der Waals surface area contributed by atoms with Crippen molar-refractivity contribution in [1.82, 2.24) is 0 Å². The Morgan fingerprint density at radius 2 is 1.65 bits per heavy atom. The summed E-state index contributed by atoms with van der Waals surface area (Å²) >= 11 is 0. The summed E-state index contributed by atoms with van der Waals surface area (Å²) in [4.78, 5) is 20.3. The first-order valence-electron chi connectivity index (χ1n) is 6.38. The second-order valence-corrected chi connectivity index (χ2v) is 6.35. The molecule has 1 rings (SSSR count). The van der Waals surface area contributed by atoms with Crippen LogP contribution < -0.4 is 0 Å². The number of hydrogen-bond donors (Lipinski definition) is 2. The highest BCUT2D eigenvalue weighted by atomic mass is 31.2. The zero-order valence-electron chi connectivity index (χ0n) is 10.8. The molecule has 0 unspecified atom stereocenters. The Hall–Kier alpha value is 0.0100. The first-order chi connectivity index (χ1) is 8.10. The van der Waals surface area contributed by atoms with Crippen LogP contribution in [0.1, 0.15) is 46.0 Å². The van der Waals surface area contributed by atoms with Gasteiger partial charge in [-0.2, -0.15) is 0 Å². The molecule has 1 fully saturated rings. The van der Waals surface area contributed by atoms with Gasteiger partial charge in [0, 0.05) is 0 Å². The average molecular weight is 263 g/mol. The predicted octanol–water partition coefficient (Wildman–Crippen LogP) is 3.02. The van der Waals surface area contributed by atoms with Gasteiger partial charge < -0.3 is 9.47 Å². The average Bonchev–Trinajstić information content (AvgIpc) is 2.29. The van der Waals surface area contributed by atoms with Crippen LogP contribution in [0.5, 0.6) is 0 Å². The minimum absolute atomic E-state index is 0.413. The molecule has 0 spiro atoms. The van der Waals surface area contributed by atoms with Crippen LogP contribution >= 0.6 is 7.72 Å². The molecule has 2 N–H and O–H groups in total. The molecule has 1 aliphatic rings. The molecular weight excluding hydrogens is 239 g/mol. The fourth-order valence-corrected chi connectivity index (χ4v) is 3.67. The van der Waals surface area contributed by atoms with Gasteiger partial charge in [-0.25, -0.2) is 9.79 Å². The van der Waals surface area contributed by atoms with Crippen molar-refractivity contribution in [3.05, 3.63) is 11.4 Å². The second-order valence-electron chi connectivity index (χ2n) is 4.27. The quantitative estimate of drug-likeness (QED) is 0.571. The van der Waals surface area contributed by atoms with E-state index < -0.39 is 13.7 Å². The minimum Gasteiger partial charge on any atom is -0.317 e. The van der Waals surface area contributed by atoms with Gasteiger partial charge in [-0.05, 0) is 45.1 Å². The molecule has 0 aliphatic heterocycles. The third-order valence-electron chi connectivity index (χ3n) is 2.80. The van der Waals surface area contributed by atoms with E-state index in [2.05, 4.69) is 0 Å². The van der Waals surface area contributed by atoms with Gasteiger partial charge in [-0.15, -0.1) is 0 Å². The van der Waals surface area contributed by atoms with Gasteiger partial charge in [0.05, 0.1) is 13.2 Å². The molecule has 0 saturated heterocycles. The van der Waals surface area contributed by atoms with Gasteiger partial charge in [0.2, 0.25) is 0 Å². The molecule has 0 heterocycles. The first-order valence-corrected chi connectivity index (χ1v) is 8.21. The molecule has 1 aliphatic carbocycles. The third kappa shape index (κ3) is 5.02. The largest absolute Gasteiger partial charge is 0.353 e. The van der Waals surface area contributed by atoms with Gasteiger partial charge in [0.25, 0.3) is 0 Å². The number of rotatable bonds is 6. The smallest absolute Gasteiger partial charge is 0.317 e. The van der Waals surface area contributed by atoms with Crippen molar-refractivity contribution in [1.29, 1.82) is 0 Å². The molecule has 0 aromatic carbocycles. The van der Waals surface area contributed by atoms with E-state index in [4.69, 9.17) is 9.47 Å². The number of allylic oxidation sites excluding steroid dienone is 1. The van der Waals surface area contributed by atoms with Gasteiger partial charge in [-0.3, -0.25) is 0 Å². The Labute approximate surface area is 104 Å². The van der Waals surface area contributed by atoms with Crippen molar-refractivity contribution in [2.45, 2.75) is 52.0 Å². The normalized spacial score (nSPS) is 17.6. The Bertz CT molecular complexity index is 239. The maximum absolute atomic E-state index is 10.1. The molecule has 0 amide bonds. The monoisotopic (exact) mass is 263 g/mol. The summed E-state index contributed by atoms with van der Waals surface area (Å²) in [6, 6.07) is -0.896. The second kappa shape index (κ2) is 7.45. The van der Waals surface area contributed by atoms with Crippen LogP contribution in [0.25, 0.3) is 0 Å². The molecule has 5 heteroatoms. The molecule has 4 nitrogen and oxygen atoms in total. The third-order valence-corrected chi connectivity index (χ3v) is 4.46. The lowest BCUT2D eigenvalue weighted by molar-refractivity contribution is -0.0899. The summed E-state index contributed by atoms with van der Waals surface area (Å²) in [6.07, 6.45) is 5.45. The van der Waals surface area contributed by atoms with E-state index in [1.165, 1.54) is 6.42 Å². The molecule has 100 valence electrons. The van der Waals surface area contributed by atoms with Crippen molar-refractivity contribution in [3.8, 4) is 0 Å².